The number of carbonyl (C=O) groups is 1. The SMILES string of the molecule is CCCNC(CN(C)CC1(N(C)C)CCC1)C(=O)O. The lowest BCUT2D eigenvalue weighted by molar-refractivity contribution is -0.140. The van der Waals surface area contributed by atoms with E-state index in [0.29, 0.717) is 6.54 Å². The lowest BCUT2D eigenvalue weighted by atomic mass is 9.75. The van der Waals surface area contributed by atoms with E-state index in [2.05, 4.69) is 29.2 Å². The number of hydrogen-bond donors (Lipinski definition) is 2. The van der Waals surface area contributed by atoms with Crippen LogP contribution in [0, 0.1) is 0 Å². The first-order chi connectivity index (χ1) is 8.91. The quantitative estimate of drug-likeness (QED) is 0.651. The minimum Gasteiger partial charge on any atom is -0.480 e. The Labute approximate surface area is 117 Å². The maximum atomic E-state index is 11.2. The molecule has 0 heterocycles. The summed E-state index contributed by atoms with van der Waals surface area (Å²) in [6, 6.07) is -0.468. The summed E-state index contributed by atoms with van der Waals surface area (Å²) in [7, 11) is 6.27. The molecule has 0 aromatic carbocycles. The van der Waals surface area contributed by atoms with Crippen molar-refractivity contribution >= 4 is 5.97 Å². The Hall–Kier alpha value is -0.650. The minimum absolute atomic E-state index is 0.253. The van der Waals surface area contributed by atoms with Crippen LogP contribution in [0.15, 0.2) is 0 Å². The third-order valence-corrected chi connectivity index (χ3v) is 4.23. The molecule has 0 bridgehead atoms. The summed E-state index contributed by atoms with van der Waals surface area (Å²) in [6.07, 6.45) is 4.66. The van der Waals surface area contributed by atoms with Gasteiger partial charge in [0.2, 0.25) is 0 Å². The van der Waals surface area contributed by atoms with Gasteiger partial charge in [-0.15, -0.1) is 0 Å². The molecule has 0 aliphatic heterocycles. The van der Waals surface area contributed by atoms with Crippen LogP contribution < -0.4 is 5.32 Å². The number of rotatable bonds is 9. The van der Waals surface area contributed by atoms with Gasteiger partial charge in [-0.2, -0.15) is 0 Å². The van der Waals surface area contributed by atoms with Gasteiger partial charge in [0.1, 0.15) is 6.04 Å². The molecule has 1 fully saturated rings. The molecule has 5 nitrogen and oxygen atoms in total. The van der Waals surface area contributed by atoms with Gasteiger partial charge in [-0.1, -0.05) is 6.92 Å². The van der Waals surface area contributed by atoms with Gasteiger partial charge in [0.15, 0.2) is 0 Å². The van der Waals surface area contributed by atoms with Gasteiger partial charge in [0, 0.05) is 18.6 Å². The standard InChI is InChI=1S/C14H29N3O2/c1-5-9-15-12(13(18)19)10-17(4)11-14(16(2)3)7-6-8-14/h12,15H,5-11H2,1-4H3,(H,18,19). The molecule has 1 rings (SSSR count). The second-order valence-corrected chi connectivity index (χ2v) is 6.01. The van der Waals surface area contributed by atoms with Crippen molar-refractivity contribution in [2.75, 3.05) is 40.8 Å². The molecule has 19 heavy (non-hydrogen) atoms. The zero-order valence-electron chi connectivity index (χ0n) is 12.8. The topological polar surface area (TPSA) is 55.8 Å². The van der Waals surface area contributed by atoms with Gasteiger partial charge < -0.3 is 20.2 Å². The number of nitrogens with zero attached hydrogens (tertiary/aromatic N) is 2. The van der Waals surface area contributed by atoms with Crippen LogP contribution in [0.4, 0.5) is 0 Å². The fraction of sp³-hybridized carbons (Fsp3) is 0.929. The molecule has 1 aliphatic rings. The monoisotopic (exact) mass is 271 g/mol. The van der Waals surface area contributed by atoms with Crippen LogP contribution in [-0.4, -0.2) is 73.2 Å². The highest BCUT2D eigenvalue weighted by atomic mass is 16.4. The van der Waals surface area contributed by atoms with Crippen molar-refractivity contribution in [3.05, 3.63) is 0 Å². The zero-order valence-corrected chi connectivity index (χ0v) is 12.8. The Morgan fingerprint density at radius 3 is 2.37 bits per heavy atom. The van der Waals surface area contributed by atoms with E-state index in [-0.39, 0.29) is 5.54 Å². The van der Waals surface area contributed by atoms with Crippen LogP contribution in [0.25, 0.3) is 0 Å². The normalized spacial score (nSPS) is 19.5. The lowest BCUT2D eigenvalue weighted by Gasteiger charge is -2.49. The van der Waals surface area contributed by atoms with Crippen LogP contribution in [0.3, 0.4) is 0 Å². The number of aliphatic carboxylic acids is 1. The number of carboxylic acid groups (broad SMARTS) is 1. The summed E-state index contributed by atoms with van der Waals surface area (Å²) >= 11 is 0. The van der Waals surface area contributed by atoms with Gasteiger partial charge in [0.05, 0.1) is 0 Å². The molecule has 1 saturated carbocycles. The summed E-state index contributed by atoms with van der Waals surface area (Å²) in [4.78, 5) is 15.7. The van der Waals surface area contributed by atoms with Crippen molar-refractivity contribution < 1.29 is 9.90 Å². The molecule has 1 aliphatic carbocycles. The van der Waals surface area contributed by atoms with Crippen molar-refractivity contribution in [2.24, 2.45) is 0 Å². The predicted octanol–water partition coefficient (Wildman–Crippen LogP) is 0.855. The Balaban J connectivity index is 2.47. The van der Waals surface area contributed by atoms with E-state index in [1.807, 2.05) is 14.0 Å². The average molecular weight is 271 g/mol. The molecule has 5 heteroatoms. The maximum Gasteiger partial charge on any atom is 0.322 e. The maximum absolute atomic E-state index is 11.2. The van der Waals surface area contributed by atoms with E-state index in [1.165, 1.54) is 19.3 Å². The summed E-state index contributed by atoms with van der Waals surface area (Å²) in [5.74, 6) is -0.757. The molecule has 0 amide bonds. The fourth-order valence-electron chi connectivity index (χ4n) is 2.76. The third kappa shape index (κ3) is 4.44. The van der Waals surface area contributed by atoms with Crippen molar-refractivity contribution in [1.29, 1.82) is 0 Å². The molecule has 2 N–H and O–H groups in total. The van der Waals surface area contributed by atoms with Crippen LogP contribution in [0.2, 0.25) is 0 Å². The number of carboxylic acids is 1. The fourth-order valence-corrected chi connectivity index (χ4v) is 2.76. The highest BCUT2D eigenvalue weighted by molar-refractivity contribution is 5.73. The summed E-state index contributed by atoms with van der Waals surface area (Å²) in [6.45, 7) is 4.30. The lowest BCUT2D eigenvalue weighted by Crippen LogP contribution is -2.58. The zero-order chi connectivity index (χ0) is 14.5. The van der Waals surface area contributed by atoms with Gasteiger partial charge in [0.25, 0.3) is 0 Å². The Bertz CT molecular complexity index is 290. The molecule has 0 spiro atoms. The highest BCUT2D eigenvalue weighted by Crippen LogP contribution is 2.36. The number of nitrogens with one attached hydrogen (secondary N) is 1. The van der Waals surface area contributed by atoms with Crippen LogP contribution in [0.1, 0.15) is 32.6 Å². The van der Waals surface area contributed by atoms with E-state index in [9.17, 15) is 9.90 Å². The molecule has 0 radical (unpaired) electrons. The highest BCUT2D eigenvalue weighted by Gasteiger charge is 2.40. The average Bonchev–Trinajstić information content (AvgIpc) is 2.28. The van der Waals surface area contributed by atoms with E-state index < -0.39 is 12.0 Å². The molecule has 1 atom stereocenters. The van der Waals surface area contributed by atoms with Crippen LogP contribution >= 0.6 is 0 Å². The van der Waals surface area contributed by atoms with Crippen molar-refractivity contribution in [2.45, 2.75) is 44.2 Å². The summed E-state index contributed by atoms with van der Waals surface area (Å²) < 4.78 is 0. The molecular weight excluding hydrogens is 242 g/mol. The largest absolute Gasteiger partial charge is 0.480 e. The molecule has 112 valence electrons. The van der Waals surface area contributed by atoms with Gasteiger partial charge in [-0.3, -0.25) is 4.79 Å². The Morgan fingerprint density at radius 1 is 1.37 bits per heavy atom. The van der Waals surface area contributed by atoms with E-state index in [1.54, 1.807) is 0 Å². The number of hydrogen-bond acceptors (Lipinski definition) is 4. The molecule has 1 unspecified atom stereocenters. The van der Waals surface area contributed by atoms with Gasteiger partial charge >= 0.3 is 5.97 Å². The first-order valence-electron chi connectivity index (χ1n) is 7.23. The Morgan fingerprint density at radius 2 is 2.00 bits per heavy atom. The molecule has 0 aromatic heterocycles. The van der Waals surface area contributed by atoms with E-state index >= 15 is 0 Å². The minimum atomic E-state index is -0.757. The first kappa shape index (κ1) is 16.4. The van der Waals surface area contributed by atoms with Gasteiger partial charge in [-0.25, -0.2) is 0 Å². The smallest absolute Gasteiger partial charge is 0.322 e. The number of likely N-dealkylation sites (N-methyl/N-ethyl adjacent to an activating group) is 2. The van der Waals surface area contributed by atoms with E-state index in [4.69, 9.17) is 0 Å². The second-order valence-electron chi connectivity index (χ2n) is 6.01. The van der Waals surface area contributed by atoms with Crippen LogP contribution in [0.5, 0.6) is 0 Å². The van der Waals surface area contributed by atoms with Gasteiger partial charge in [-0.05, 0) is 53.4 Å². The molecular formula is C14H29N3O2. The van der Waals surface area contributed by atoms with Crippen molar-refractivity contribution in [3.63, 3.8) is 0 Å². The summed E-state index contributed by atoms with van der Waals surface area (Å²) in [5.41, 5.74) is 0.253. The van der Waals surface area contributed by atoms with Crippen molar-refractivity contribution in [1.82, 2.24) is 15.1 Å². The van der Waals surface area contributed by atoms with Crippen LogP contribution in [-0.2, 0) is 4.79 Å². The first-order valence-corrected chi connectivity index (χ1v) is 7.23. The predicted molar refractivity (Wildman–Crippen MR) is 77.5 cm³/mol. The third-order valence-electron chi connectivity index (χ3n) is 4.23. The Kier molecular flexibility index (Phi) is 6.23. The molecule has 0 saturated heterocycles. The molecule has 0 aromatic rings. The second kappa shape index (κ2) is 7.22. The summed E-state index contributed by atoms with van der Waals surface area (Å²) in [5, 5.41) is 12.3. The van der Waals surface area contributed by atoms with Crippen molar-refractivity contribution in [3.8, 4) is 0 Å². The van der Waals surface area contributed by atoms with E-state index in [0.717, 1.165) is 19.5 Å².